The van der Waals surface area contributed by atoms with E-state index in [4.69, 9.17) is 4.74 Å². The lowest BCUT2D eigenvalue weighted by atomic mass is 10.0. The van der Waals surface area contributed by atoms with Gasteiger partial charge in [-0.25, -0.2) is 0 Å². The zero-order chi connectivity index (χ0) is 9.19. The Bertz CT molecular complexity index is 129. The van der Waals surface area contributed by atoms with E-state index >= 15 is 0 Å². The number of hydrogen-bond donors (Lipinski definition) is 1. The van der Waals surface area contributed by atoms with E-state index in [1.165, 1.54) is 6.42 Å². The quantitative estimate of drug-likeness (QED) is 0.657. The molecule has 0 aromatic carbocycles. The van der Waals surface area contributed by atoms with E-state index in [1.54, 1.807) is 0 Å². The standard InChI is InChI=1S/C9H19O2Si/c1-8(10)9(12(2)3)6-4-5-7-11-9/h8,10,12H,1,4-7H2,2-3H3. The second-order valence-electron chi connectivity index (χ2n) is 3.93. The van der Waals surface area contributed by atoms with E-state index in [1.807, 2.05) is 0 Å². The van der Waals surface area contributed by atoms with Crippen LogP contribution < -0.4 is 0 Å². The zero-order valence-corrected chi connectivity index (χ0v) is 9.20. The summed E-state index contributed by atoms with van der Waals surface area (Å²) in [5, 5.41) is 9.36. The van der Waals surface area contributed by atoms with Gasteiger partial charge in [0.2, 0.25) is 0 Å². The van der Waals surface area contributed by atoms with Crippen LogP contribution in [0, 0.1) is 6.92 Å². The van der Waals surface area contributed by atoms with Crippen molar-refractivity contribution >= 4 is 8.80 Å². The maximum atomic E-state index is 9.60. The molecule has 1 rings (SSSR count). The summed E-state index contributed by atoms with van der Waals surface area (Å²) in [5.41, 5.74) is 0. The van der Waals surface area contributed by atoms with Crippen molar-refractivity contribution in [3.05, 3.63) is 6.92 Å². The molecule has 1 fully saturated rings. The minimum atomic E-state index is -0.980. The van der Waals surface area contributed by atoms with Gasteiger partial charge in [0.15, 0.2) is 0 Å². The van der Waals surface area contributed by atoms with Crippen LogP contribution in [0.25, 0.3) is 0 Å². The molecule has 0 aromatic rings. The van der Waals surface area contributed by atoms with Crippen LogP contribution in [0.2, 0.25) is 13.1 Å². The van der Waals surface area contributed by atoms with Gasteiger partial charge in [0.05, 0.1) is 20.1 Å². The normalized spacial score (nSPS) is 33.8. The lowest BCUT2D eigenvalue weighted by molar-refractivity contribution is -0.0818. The lowest BCUT2D eigenvalue weighted by Gasteiger charge is -2.42. The summed E-state index contributed by atoms with van der Waals surface area (Å²) in [6, 6.07) is 0. The molecule has 0 aromatic heterocycles. The highest BCUT2D eigenvalue weighted by Crippen LogP contribution is 2.30. The Labute approximate surface area is 76.5 Å². The smallest absolute Gasteiger partial charge is 0.0800 e. The Morgan fingerprint density at radius 2 is 2.17 bits per heavy atom. The van der Waals surface area contributed by atoms with Crippen LogP contribution >= 0.6 is 0 Å². The summed E-state index contributed by atoms with van der Waals surface area (Å²) >= 11 is 0. The van der Waals surface area contributed by atoms with Crippen LogP contribution in [0.1, 0.15) is 19.3 Å². The van der Waals surface area contributed by atoms with E-state index in [0.29, 0.717) is 0 Å². The Kier molecular flexibility index (Phi) is 3.32. The Morgan fingerprint density at radius 3 is 2.42 bits per heavy atom. The van der Waals surface area contributed by atoms with Gasteiger partial charge in [0.1, 0.15) is 0 Å². The minimum Gasteiger partial charge on any atom is -0.390 e. The first-order valence-corrected chi connectivity index (χ1v) is 7.63. The molecule has 0 spiro atoms. The summed E-state index contributed by atoms with van der Waals surface area (Å²) in [6.07, 6.45) is 2.78. The molecular formula is C9H19O2Si. The number of hydrogen-bond acceptors (Lipinski definition) is 2. The fraction of sp³-hybridized carbons (Fsp3) is 0.889. The largest absolute Gasteiger partial charge is 0.390 e. The van der Waals surface area contributed by atoms with Gasteiger partial charge in [-0.05, 0) is 26.2 Å². The Morgan fingerprint density at radius 1 is 1.50 bits per heavy atom. The van der Waals surface area contributed by atoms with Gasteiger partial charge in [-0.1, -0.05) is 13.1 Å². The number of rotatable bonds is 2. The number of aliphatic hydroxyl groups excluding tert-OH is 1. The monoisotopic (exact) mass is 187 g/mol. The van der Waals surface area contributed by atoms with Crippen LogP contribution in [-0.4, -0.2) is 31.8 Å². The fourth-order valence-electron chi connectivity index (χ4n) is 1.94. The summed E-state index contributed by atoms with van der Waals surface area (Å²) in [4.78, 5) is 0. The van der Waals surface area contributed by atoms with Gasteiger partial charge in [0.25, 0.3) is 0 Å². The van der Waals surface area contributed by atoms with Gasteiger partial charge in [-0.15, -0.1) is 0 Å². The molecule has 0 aliphatic carbocycles. The van der Waals surface area contributed by atoms with Crippen LogP contribution in [0.4, 0.5) is 0 Å². The predicted octanol–water partition coefficient (Wildman–Crippen LogP) is 1.15. The van der Waals surface area contributed by atoms with E-state index < -0.39 is 14.9 Å². The van der Waals surface area contributed by atoms with Crippen molar-refractivity contribution < 1.29 is 9.84 Å². The summed E-state index contributed by atoms with van der Waals surface area (Å²) in [6.45, 7) is 8.97. The van der Waals surface area contributed by atoms with Crippen molar-refractivity contribution in [2.45, 2.75) is 43.7 Å². The molecule has 1 saturated heterocycles. The first-order valence-electron chi connectivity index (χ1n) is 4.74. The number of aliphatic hydroxyl groups is 1. The third-order valence-electron chi connectivity index (χ3n) is 2.87. The molecule has 1 heterocycles. The van der Waals surface area contributed by atoms with Crippen LogP contribution in [0.5, 0.6) is 0 Å². The van der Waals surface area contributed by atoms with E-state index in [2.05, 4.69) is 20.0 Å². The van der Waals surface area contributed by atoms with Gasteiger partial charge >= 0.3 is 0 Å². The highest BCUT2D eigenvalue weighted by Gasteiger charge is 2.41. The topological polar surface area (TPSA) is 29.5 Å². The lowest BCUT2D eigenvalue weighted by Crippen LogP contribution is -2.55. The first kappa shape index (κ1) is 10.2. The molecule has 1 aliphatic rings. The third kappa shape index (κ3) is 1.73. The predicted molar refractivity (Wildman–Crippen MR) is 52.8 cm³/mol. The number of ether oxygens (including phenoxy) is 1. The molecule has 1 radical (unpaired) electrons. The first-order chi connectivity index (χ1) is 5.59. The van der Waals surface area contributed by atoms with Crippen LogP contribution in [0.15, 0.2) is 0 Å². The molecule has 2 atom stereocenters. The molecule has 1 aliphatic heterocycles. The molecule has 71 valence electrons. The Balaban J connectivity index is 2.70. The second-order valence-corrected chi connectivity index (χ2v) is 7.22. The zero-order valence-electron chi connectivity index (χ0n) is 8.05. The van der Waals surface area contributed by atoms with Gasteiger partial charge in [-0.3, -0.25) is 0 Å². The maximum absolute atomic E-state index is 9.60. The van der Waals surface area contributed by atoms with Gasteiger partial charge in [-0.2, -0.15) is 0 Å². The SMILES string of the molecule is [CH2]C(O)C1([SiH](C)C)CCCCO1. The maximum Gasteiger partial charge on any atom is 0.0800 e. The molecule has 0 saturated carbocycles. The van der Waals surface area contributed by atoms with Gasteiger partial charge in [0, 0.05) is 6.61 Å². The summed E-state index contributed by atoms with van der Waals surface area (Å²) < 4.78 is 5.74. The second kappa shape index (κ2) is 3.90. The fourth-order valence-corrected chi connectivity index (χ4v) is 3.94. The summed E-state index contributed by atoms with van der Waals surface area (Å²) in [5.74, 6) is 0. The highest BCUT2D eigenvalue weighted by molar-refractivity contribution is 6.59. The molecule has 2 unspecified atom stereocenters. The molecule has 3 heteroatoms. The van der Waals surface area contributed by atoms with E-state index in [0.717, 1.165) is 19.4 Å². The van der Waals surface area contributed by atoms with Crippen molar-refractivity contribution in [1.82, 2.24) is 0 Å². The average molecular weight is 187 g/mol. The van der Waals surface area contributed by atoms with E-state index in [-0.39, 0.29) is 5.22 Å². The van der Waals surface area contributed by atoms with Crippen molar-refractivity contribution in [2.24, 2.45) is 0 Å². The molecule has 12 heavy (non-hydrogen) atoms. The minimum absolute atomic E-state index is 0.238. The van der Waals surface area contributed by atoms with Crippen molar-refractivity contribution in [1.29, 1.82) is 0 Å². The van der Waals surface area contributed by atoms with E-state index in [9.17, 15) is 5.11 Å². The molecular weight excluding hydrogens is 168 g/mol. The van der Waals surface area contributed by atoms with Crippen LogP contribution in [-0.2, 0) is 4.74 Å². The highest BCUT2D eigenvalue weighted by atomic mass is 28.3. The summed E-state index contributed by atoms with van der Waals surface area (Å²) in [7, 11) is -0.980. The van der Waals surface area contributed by atoms with Crippen molar-refractivity contribution in [2.75, 3.05) is 6.61 Å². The molecule has 1 N–H and O–H groups in total. The van der Waals surface area contributed by atoms with Crippen molar-refractivity contribution in [3.8, 4) is 0 Å². The molecule has 2 nitrogen and oxygen atoms in total. The average Bonchev–Trinajstić information content (AvgIpc) is 2.05. The molecule has 0 bridgehead atoms. The van der Waals surface area contributed by atoms with Crippen LogP contribution in [0.3, 0.4) is 0 Å². The Hall–Kier alpha value is 0.137. The molecule has 0 amide bonds. The third-order valence-corrected chi connectivity index (χ3v) is 5.67. The van der Waals surface area contributed by atoms with Crippen molar-refractivity contribution in [3.63, 3.8) is 0 Å². The van der Waals surface area contributed by atoms with Gasteiger partial charge < -0.3 is 9.84 Å².